The smallest absolute Gasteiger partial charge is 0.136 e. The number of fused-ring (bicyclic) bond motifs is 20. The Morgan fingerprint density at radius 2 is 0.724 bits per heavy atom. The molecule has 58 heavy (non-hydrogen) atoms. The second-order valence-corrected chi connectivity index (χ2v) is 15.6. The van der Waals surface area contributed by atoms with Gasteiger partial charge in [-0.05, 0) is 60.7 Å². The molecule has 0 atom stereocenters. The second-order valence-electron chi connectivity index (χ2n) is 15.6. The third-order valence-electron chi connectivity index (χ3n) is 12.8. The largest absolute Gasteiger partial charge is 0.456 e. The van der Waals surface area contributed by atoms with Crippen LogP contribution < -0.4 is 0 Å². The maximum absolute atomic E-state index is 6.67. The molecule has 5 heterocycles. The zero-order valence-corrected chi connectivity index (χ0v) is 31.1. The van der Waals surface area contributed by atoms with Crippen molar-refractivity contribution in [2.24, 2.45) is 0 Å². The van der Waals surface area contributed by atoms with E-state index >= 15 is 0 Å². The van der Waals surface area contributed by atoms with Gasteiger partial charge in [0, 0.05) is 70.3 Å². The first-order valence-electron chi connectivity index (χ1n) is 20.0. The van der Waals surface area contributed by atoms with E-state index in [0.29, 0.717) is 0 Å². The van der Waals surface area contributed by atoms with Crippen molar-refractivity contribution in [3.8, 4) is 5.69 Å². The van der Waals surface area contributed by atoms with E-state index < -0.39 is 0 Å². The van der Waals surface area contributed by atoms with Crippen LogP contribution in [0, 0.1) is 0 Å². The highest BCUT2D eigenvalue weighted by Crippen LogP contribution is 2.46. The molecule has 4 nitrogen and oxygen atoms in total. The number of hydrogen-bond donors (Lipinski definition) is 0. The van der Waals surface area contributed by atoms with Crippen LogP contribution in [0.1, 0.15) is 0 Å². The highest BCUT2D eigenvalue weighted by atomic mass is 16.3. The van der Waals surface area contributed by atoms with Crippen LogP contribution in [0.4, 0.5) is 0 Å². The topological polar surface area (TPSA) is 26.9 Å². The molecule has 0 amide bonds. The van der Waals surface area contributed by atoms with Gasteiger partial charge in [-0.2, -0.15) is 0 Å². The van der Waals surface area contributed by atoms with Crippen molar-refractivity contribution in [3.63, 3.8) is 0 Å². The molecule has 4 heteroatoms. The summed E-state index contributed by atoms with van der Waals surface area (Å²) >= 11 is 0. The molecular formula is C54H31N3O. The van der Waals surface area contributed by atoms with Gasteiger partial charge in [-0.25, -0.2) is 0 Å². The number of benzene rings is 9. The van der Waals surface area contributed by atoms with E-state index in [0.717, 1.165) is 38.7 Å². The first kappa shape index (κ1) is 30.4. The first-order chi connectivity index (χ1) is 28.8. The fraction of sp³-hybridized carbons (Fsp3) is 0. The van der Waals surface area contributed by atoms with E-state index in [9.17, 15) is 0 Å². The SMILES string of the molecule is c1ccc(-n2c3ccccc3c3c4c5cccc6c7ccccc7n(c7ccc8oc9ccccc9c8c7c7cccc8c9ccccc9n(c4ccc32)c87)c65)cc1. The minimum Gasteiger partial charge on any atom is -0.456 e. The molecule has 268 valence electrons. The average molecular weight is 738 g/mol. The predicted molar refractivity (Wildman–Crippen MR) is 244 cm³/mol. The normalized spacial score (nSPS) is 12.5. The standard InChI is InChI=1S/C54H31N3O/c1-2-14-32(15-3-1)55-43-26-10-6-18-37(43)49-44(55)28-29-45-50(49)39-22-12-20-35-33-16-5-9-25-42(33)57(53(35)39)46-30-31-48-52(38-19-7-11-27-47(38)58-48)51(46)40-23-13-21-36-34-17-4-8-24-41(34)56(45)54(36)40/h1-31H. The van der Waals surface area contributed by atoms with Crippen molar-refractivity contribution in [1.82, 2.24) is 13.4 Å². The van der Waals surface area contributed by atoms with E-state index in [2.05, 4.69) is 201 Å². The number of aromatic nitrogens is 3. The molecule has 0 spiro atoms. The molecule has 0 radical (unpaired) electrons. The fourth-order valence-corrected chi connectivity index (χ4v) is 10.6. The lowest BCUT2D eigenvalue weighted by Gasteiger charge is -2.13. The number of nitrogens with zero attached hydrogens (tertiary/aromatic N) is 3. The highest BCUT2D eigenvalue weighted by molar-refractivity contribution is 6.34. The van der Waals surface area contributed by atoms with Gasteiger partial charge in [-0.3, -0.25) is 0 Å². The van der Waals surface area contributed by atoms with Crippen molar-refractivity contribution in [1.29, 1.82) is 0 Å². The van der Waals surface area contributed by atoms with Gasteiger partial charge < -0.3 is 17.8 Å². The Balaban J connectivity index is 1.42. The van der Waals surface area contributed by atoms with Crippen molar-refractivity contribution >= 4 is 120 Å². The lowest BCUT2D eigenvalue weighted by atomic mass is 10.00. The van der Waals surface area contributed by atoms with Crippen LogP contribution in [0.2, 0.25) is 0 Å². The third-order valence-corrected chi connectivity index (χ3v) is 12.8. The van der Waals surface area contributed by atoms with Crippen molar-refractivity contribution < 1.29 is 4.42 Å². The minimum atomic E-state index is 0.883. The zero-order valence-electron chi connectivity index (χ0n) is 31.1. The van der Waals surface area contributed by atoms with Gasteiger partial charge in [-0.15, -0.1) is 0 Å². The van der Waals surface area contributed by atoms with E-state index in [-0.39, 0.29) is 0 Å². The maximum Gasteiger partial charge on any atom is 0.136 e. The summed E-state index contributed by atoms with van der Waals surface area (Å²) in [4.78, 5) is 0. The summed E-state index contributed by atoms with van der Waals surface area (Å²) in [5.41, 5.74) is 12.3. The van der Waals surface area contributed by atoms with Gasteiger partial charge in [0.25, 0.3) is 0 Å². The van der Waals surface area contributed by atoms with E-state index in [4.69, 9.17) is 4.42 Å². The van der Waals surface area contributed by atoms with E-state index in [1.807, 2.05) is 0 Å². The number of para-hydroxylation sites is 7. The summed E-state index contributed by atoms with van der Waals surface area (Å²) in [5.74, 6) is 0. The van der Waals surface area contributed by atoms with Crippen LogP contribution in [0.25, 0.3) is 126 Å². The fourth-order valence-electron chi connectivity index (χ4n) is 10.6. The zero-order chi connectivity index (χ0) is 37.6. The Morgan fingerprint density at radius 1 is 0.259 bits per heavy atom. The minimum absolute atomic E-state index is 0.883. The molecule has 0 N–H and O–H groups in total. The number of furan rings is 1. The van der Waals surface area contributed by atoms with Gasteiger partial charge in [0.15, 0.2) is 0 Å². The summed E-state index contributed by atoms with van der Waals surface area (Å²) in [7, 11) is 0. The van der Waals surface area contributed by atoms with Gasteiger partial charge in [0.1, 0.15) is 11.2 Å². The molecule has 0 unspecified atom stereocenters. The number of hydrogen-bond acceptors (Lipinski definition) is 1. The molecule has 14 aromatic rings. The van der Waals surface area contributed by atoms with Crippen molar-refractivity contribution in [2.75, 3.05) is 0 Å². The maximum atomic E-state index is 6.67. The first-order valence-corrected chi connectivity index (χ1v) is 20.0. The van der Waals surface area contributed by atoms with Gasteiger partial charge in [0.05, 0.1) is 44.1 Å². The van der Waals surface area contributed by atoms with Crippen LogP contribution in [0.15, 0.2) is 192 Å². The molecule has 0 saturated heterocycles. The summed E-state index contributed by atoms with van der Waals surface area (Å²) in [6.45, 7) is 0. The molecule has 0 saturated carbocycles. The van der Waals surface area contributed by atoms with Crippen LogP contribution in [0.5, 0.6) is 0 Å². The average Bonchev–Trinajstić information content (AvgIpc) is 4.02. The quantitative estimate of drug-likeness (QED) is 0.165. The summed E-state index contributed by atoms with van der Waals surface area (Å²) in [6.07, 6.45) is 0. The monoisotopic (exact) mass is 737 g/mol. The van der Waals surface area contributed by atoms with Crippen LogP contribution in [-0.4, -0.2) is 13.4 Å². The Hall–Kier alpha value is -7.82. The Kier molecular flexibility index (Phi) is 5.73. The van der Waals surface area contributed by atoms with Crippen molar-refractivity contribution in [3.05, 3.63) is 188 Å². The molecule has 0 fully saturated rings. The Morgan fingerprint density at radius 3 is 1.40 bits per heavy atom. The molecular weight excluding hydrogens is 707 g/mol. The molecule has 5 aromatic heterocycles. The van der Waals surface area contributed by atoms with Crippen LogP contribution in [0.3, 0.4) is 0 Å². The lowest BCUT2D eigenvalue weighted by molar-refractivity contribution is 0.669. The van der Waals surface area contributed by atoms with Crippen molar-refractivity contribution in [2.45, 2.75) is 0 Å². The van der Waals surface area contributed by atoms with Gasteiger partial charge in [0.2, 0.25) is 0 Å². The molecule has 0 aliphatic rings. The van der Waals surface area contributed by atoms with Gasteiger partial charge >= 0.3 is 0 Å². The predicted octanol–water partition coefficient (Wildman–Crippen LogP) is 14.7. The van der Waals surface area contributed by atoms with E-state index in [1.165, 1.54) is 87.0 Å². The lowest BCUT2D eigenvalue weighted by Crippen LogP contribution is -1.94. The van der Waals surface area contributed by atoms with Gasteiger partial charge in [-0.1, -0.05) is 127 Å². The van der Waals surface area contributed by atoms with E-state index in [1.54, 1.807) is 0 Å². The van der Waals surface area contributed by atoms with Crippen LogP contribution in [-0.2, 0) is 0 Å². The molecule has 9 aromatic carbocycles. The Labute approximate surface area is 330 Å². The molecule has 0 aliphatic heterocycles. The Bertz CT molecular complexity index is 4130. The highest BCUT2D eigenvalue weighted by Gasteiger charge is 2.23. The molecule has 14 rings (SSSR count). The molecule has 0 bridgehead atoms. The second kappa shape index (κ2) is 10.9. The summed E-state index contributed by atoms with van der Waals surface area (Å²) in [5, 5.41) is 14.3. The van der Waals surface area contributed by atoms with Crippen LogP contribution >= 0.6 is 0 Å². The third kappa shape index (κ3) is 3.70. The summed E-state index contributed by atoms with van der Waals surface area (Å²) in [6, 6.07) is 69.0. The number of rotatable bonds is 1. The molecule has 0 aliphatic carbocycles. The summed E-state index contributed by atoms with van der Waals surface area (Å²) < 4.78 is 14.2.